The maximum atomic E-state index is 12.4. The first-order chi connectivity index (χ1) is 18.9. The van der Waals surface area contributed by atoms with Crippen LogP contribution in [0.5, 0.6) is 0 Å². The number of carbonyl (C=O) groups excluding carboxylic acids is 1. The maximum absolute atomic E-state index is 12.4. The minimum atomic E-state index is -3.55. The lowest BCUT2D eigenvalue weighted by Crippen LogP contribution is -2.30. The van der Waals surface area contributed by atoms with Gasteiger partial charge in [0, 0.05) is 55.3 Å². The van der Waals surface area contributed by atoms with Crippen LogP contribution >= 0.6 is 0 Å². The van der Waals surface area contributed by atoms with Crippen LogP contribution in [0.1, 0.15) is 65.9 Å². The molecule has 0 N–H and O–H groups in total. The largest absolute Gasteiger partial charge is 0.449 e. The quantitative estimate of drug-likeness (QED) is 0.196. The standard InChI is InChI=1S/C16H17N3O6S.C10H16N2O2S/c1-10-8-17-15(18-9-10)14(11(2)26(3,23)24)25-16(20)12-4-6-13(7-5-12)19(21)22;1-7-5-11-10(12-6-7)8(2)9(3)15(4,13)14/h4-9,11,14H,1-3H3;5-6,8-9H,1-4H3/t11-,14-;8-,9+/m01/s1. The van der Waals surface area contributed by atoms with E-state index in [0.29, 0.717) is 5.82 Å². The Morgan fingerprint density at radius 2 is 1.20 bits per heavy atom. The van der Waals surface area contributed by atoms with E-state index >= 15 is 0 Å². The summed E-state index contributed by atoms with van der Waals surface area (Å²) in [6, 6.07) is 4.79. The second-order valence-electron chi connectivity index (χ2n) is 9.73. The molecule has 3 rings (SSSR count). The Morgan fingerprint density at radius 3 is 1.59 bits per heavy atom. The molecule has 1 aromatic carbocycles. The molecule has 0 fully saturated rings. The van der Waals surface area contributed by atoms with E-state index in [-0.39, 0.29) is 23.0 Å². The number of aryl methyl sites for hydroxylation is 2. The smallest absolute Gasteiger partial charge is 0.338 e. The molecule has 0 aliphatic carbocycles. The van der Waals surface area contributed by atoms with Gasteiger partial charge in [0.15, 0.2) is 31.6 Å². The first-order valence-electron chi connectivity index (χ1n) is 12.3. The zero-order valence-electron chi connectivity index (χ0n) is 23.7. The topological polar surface area (TPSA) is 189 Å². The van der Waals surface area contributed by atoms with Crippen LogP contribution in [0.4, 0.5) is 5.69 Å². The fourth-order valence-electron chi connectivity index (χ4n) is 3.25. The molecule has 2 aromatic heterocycles. The summed E-state index contributed by atoms with van der Waals surface area (Å²) in [5.74, 6) is -0.368. The third-order valence-corrected chi connectivity index (χ3v) is 9.65. The summed E-state index contributed by atoms with van der Waals surface area (Å²) in [4.78, 5) is 38.8. The van der Waals surface area contributed by atoms with E-state index < -0.39 is 47.2 Å². The van der Waals surface area contributed by atoms with Crippen LogP contribution in [0.15, 0.2) is 49.1 Å². The number of rotatable bonds is 9. The van der Waals surface area contributed by atoms with Gasteiger partial charge in [0.05, 0.1) is 15.7 Å². The van der Waals surface area contributed by atoms with Crippen molar-refractivity contribution in [2.24, 2.45) is 0 Å². The van der Waals surface area contributed by atoms with Crippen molar-refractivity contribution in [1.82, 2.24) is 19.9 Å². The number of nitrogens with zero attached hydrogens (tertiary/aromatic N) is 5. The Balaban J connectivity index is 0.000000333. The van der Waals surface area contributed by atoms with Crippen molar-refractivity contribution in [1.29, 1.82) is 0 Å². The first-order valence-corrected chi connectivity index (χ1v) is 16.2. The third kappa shape index (κ3) is 9.63. The van der Waals surface area contributed by atoms with Crippen LogP contribution in [0.3, 0.4) is 0 Å². The highest BCUT2D eigenvalue weighted by Crippen LogP contribution is 2.25. The number of benzene rings is 1. The van der Waals surface area contributed by atoms with Crippen molar-refractivity contribution in [2.45, 2.75) is 57.1 Å². The second-order valence-corrected chi connectivity index (χ2v) is 14.5. The minimum Gasteiger partial charge on any atom is -0.449 e. The molecular weight excluding hydrogens is 574 g/mol. The predicted octanol–water partition coefficient (Wildman–Crippen LogP) is 3.35. The minimum absolute atomic E-state index is 0.0495. The van der Waals surface area contributed by atoms with E-state index in [1.165, 1.54) is 37.7 Å². The van der Waals surface area contributed by atoms with Crippen molar-refractivity contribution < 1.29 is 31.3 Å². The lowest BCUT2D eigenvalue weighted by atomic mass is 10.1. The van der Waals surface area contributed by atoms with Gasteiger partial charge in [0.2, 0.25) is 0 Å². The van der Waals surface area contributed by atoms with Crippen LogP contribution in [0.2, 0.25) is 0 Å². The van der Waals surface area contributed by atoms with E-state index in [4.69, 9.17) is 4.74 Å². The molecule has 0 unspecified atom stereocenters. The molecule has 0 bridgehead atoms. The number of nitro groups is 1. The number of esters is 1. The van der Waals surface area contributed by atoms with Crippen molar-refractivity contribution >= 4 is 31.3 Å². The third-order valence-electron chi connectivity index (χ3n) is 6.29. The Hall–Kier alpha value is -3.85. The molecule has 13 nitrogen and oxygen atoms in total. The number of sulfone groups is 2. The van der Waals surface area contributed by atoms with E-state index in [1.54, 1.807) is 26.2 Å². The van der Waals surface area contributed by atoms with Gasteiger partial charge in [0.25, 0.3) is 5.69 Å². The van der Waals surface area contributed by atoms with Gasteiger partial charge in [-0.05, 0) is 51.0 Å². The number of non-ortho nitro benzene ring substituents is 1. The molecule has 0 saturated heterocycles. The summed E-state index contributed by atoms with van der Waals surface area (Å²) < 4.78 is 51.9. The Morgan fingerprint density at radius 1 is 0.780 bits per heavy atom. The normalized spacial score (nSPS) is 14.5. The zero-order valence-corrected chi connectivity index (χ0v) is 25.4. The lowest BCUT2D eigenvalue weighted by Gasteiger charge is -2.21. The number of carbonyl (C=O) groups is 1. The summed E-state index contributed by atoms with van der Waals surface area (Å²) in [5.41, 5.74) is 1.61. The number of aromatic nitrogens is 4. The molecule has 0 saturated carbocycles. The molecule has 0 aliphatic heterocycles. The Kier molecular flexibility index (Phi) is 11.1. The highest BCUT2D eigenvalue weighted by Gasteiger charge is 2.33. The van der Waals surface area contributed by atoms with Gasteiger partial charge in [-0.3, -0.25) is 10.1 Å². The fraction of sp³-hybridized carbons (Fsp3) is 0.423. The van der Waals surface area contributed by atoms with Crippen LogP contribution in [-0.2, 0) is 24.4 Å². The van der Waals surface area contributed by atoms with Crippen LogP contribution < -0.4 is 0 Å². The molecule has 3 aromatic rings. The predicted molar refractivity (Wildman–Crippen MR) is 152 cm³/mol. The van der Waals surface area contributed by atoms with Gasteiger partial charge in [0.1, 0.15) is 11.1 Å². The summed E-state index contributed by atoms with van der Waals surface area (Å²) in [6.45, 7) is 8.57. The zero-order chi connectivity index (χ0) is 31.1. The van der Waals surface area contributed by atoms with E-state index in [2.05, 4.69) is 19.9 Å². The fourth-order valence-corrected chi connectivity index (χ4v) is 4.74. The summed E-state index contributed by atoms with van der Waals surface area (Å²) >= 11 is 0. The average Bonchev–Trinajstić information content (AvgIpc) is 2.90. The molecule has 15 heteroatoms. The number of hydrogen-bond donors (Lipinski definition) is 0. The van der Waals surface area contributed by atoms with E-state index in [9.17, 15) is 31.7 Å². The summed E-state index contributed by atoms with van der Waals surface area (Å²) in [7, 11) is -6.59. The van der Waals surface area contributed by atoms with Gasteiger partial charge < -0.3 is 4.74 Å². The lowest BCUT2D eigenvalue weighted by molar-refractivity contribution is -0.384. The van der Waals surface area contributed by atoms with Crippen molar-refractivity contribution in [2.75, 3.05) is 12.5 Å². The summed E-state index contributed by atoms with van der Waals surface area (Å²) in [5, 5.41) is 9.14. The molecule has 222 valence electrons. The van der Waals surface area contributed by atoms with Gasteiger partial charge in [-0.25, -0.2) is 41.6 Å². The van der Waals surface area contributed by atoms with Crippen LogP contribution in [-0.4, -0.2) is 70.7 Å². The monoisotopic (exact) mass is 607 g/mol. The van der Waals surface area contributed by atoms with Crippen molar-refractivity contribution in [3.63, 3.8) is 0 Å². The highest BCUT2D eigenvalue weighted by molar-refractivity contribution is 7.91. The average molecular weight is 608 g/mol. The summed E-state index contributed by atoms with van der Waals surface area (Å²) in [6.07, 6.45) is 7.43. The van der Waals surface area contributed by atoms with Crippen molar-refractivity contribution in [3.8, 4) is 0 Å². The van der Waals surface area contributed by atoms with Gasteiger partial charge in [-0.15, -0.1) is 0 Å². The molecule has 0 aliphatic rings. The number of nitro benzene ring substituents is 1. The Bertz CT molecular complexity index is 1560. The molecule has 0 radical (unpaired) electrons. The van der Waals surface area contributed by atoms with E-state index in [1.807, 2.05) is 13.8 Å². The molecule has 0 spiro atoms. The van der Waals surface area contributed by atoms with Gasteiger partial charge in [-0.2, -0.15) is 0 Å². The van der Waals surface area contributed by atoms with E-state index in [0.717, 1.165) is 29.5 Å². The van der Waals surface area contributed by atoms with Gasteiger partial charge >= 0.3 is 5.97 Å². The molecule has 2 heterocycles. The second kappa shape index (κ2) is 13.7. The van der Waals surface area contributed by atoms with Crippen molar-refractivity contribution in [3.05, 3.63) is 87.5 Å². The maximum Gasteiger partial charge on any atom is 0.338 e. The highest BCUT2D eigenvalue weighted by atomic mass is 32.2. The first kappa shape index (κ1) is 33.4. The van der Waals surface area contributed by atoms with Gasteiger partial charge in [-0.1, -0.05) is 6.92 Å². The molecular formula is C26H33N5O8S2. The SMILES string of the molecule is Cc1cnc([C@@H](OC(=O)c2ccc([N+](=O)[O-])cc2)[C@H](C)S(C)(=O)=O)nc1.Cc1cnc([C@H](C)[C@H](C)S(C)(=O)=O)nc1. The van der Waals surface area contributed by atoms with Crippen LogP contribution in [0, 0.1) is 24.0 Å². The number of ether oxygens (including phenoxy) is 1. The molecule has 4 atom stereocenters. The van der Waals surface area contributed by atoms with Crippen LogP contribution in [0.25, 0.3) is 0 Å². The molecule has 0 amide bonds. The molecule has 41 heavy (non-hydrogen) atoms. The Labute approximate surface area is 239 Å². The number of hydrogen-bond acceptors (Lipinski definition) is 12.